The average molecular weight is 447 g/mol. The molecular formula is C25H35FN2O4. The van der Waals surface area contributed by atoms with Crippen LogP contribution < -0.4 is 4.74 Å². The SMILES string of the molecule is O=C(CC1(COc2ccc(F)cc2)CN(C(=O)CC2CCCC2)CCO1)N1CCCCC1. The monoisotopic (exact) mass is 446 g/mol. The third-order valence-corrected chi connectivity index (χ3v) is 7.04. The number of carbonyl (C=O) groups is 2. The van der Waals surface area contributed by atoms with Crippen LogP contribution in [0.2, 0.25) is 0 Å². The predicted octanol–water partition coefficient (Wildman–Crippen LogP) is 3.79. The van der Waals surface area contributed by atoms with Gasteiger partial charge in [0.25, 0.3) is 0 Å². The number of rotatable bonds is 7. The van der Waals surface area contributed by atoms with Crippen molar-refractivity contribution >= 4 is 11.8 Å². The van der Waals surface area contributed by atoms with Crippen LogP contribution in [-0.2, 0) is 14.3 Å². The van der Waals surface area contributed by atoms with Crippen LogP contribution >= 0.6 is 0 Å². The van der Waals surface area contributed by atoms with Crippen LogP contribution in [0.4, 0.5) is 4.39 Å². The standard InChI is InChI=1S/C25H35FN2O4/c26-21-8-10-22(11-9-21)31-19-25(17-24(30)27-12-4-1-5-13-27)18-28(14-15-32-25)23(29)16-20-6-2-3-7-20/h8-11,20H,1-7,12-19H2. The van der Waals surface area contributed by atoms with Gasteiger partial charge in [0.15, 0.2) is 0 Å². The zero-order valence-electron chi connectivity index (χ0n) is 18.9. The van der Waals surface area contributed by atoms with Crippen LogP contribution in [0, 0.1) is 11.7 Å². The van der Waals surface area contributed by atoms with Crippen LogP contribution in [0.5, 0.6) is 5.75 Å². The second-order valence-corrected chi connectivity index (χ2v) is 9.56. The van der Waals surface area contributed by atoms with Crippen molar-refractivity contribution in [3.63, 3.8) is 0 Å². The van der Waals surface area contributed by atoms with Gasteiger partial charge < -0.3 is 19.3 Å². The summed E-state index contributed by atoms with van der Waals surface area (Å²) in [5.41, 5.74) is -0.896. The number of amides is 2. The van der Waals surface area contributed by atoms with Gasteiger partial charge in [-0.05, 0) is 62.3 Å². The highest BCUT2D eigenvalue weighted by atomic mass is 19.1. The normalized spacial score (nSPS) is 24.5. The molecule has 0 aromatic heterocycles. The first-order valence-electron chi connectivity index (χ1n) is 12.1. The number of benzene rings is 1. The van der Waals surface area contributed by atoms with Gasteiger partial charge in [-0.3, -0.25) is 9.59 Å². The summed E-state index contributed by atoms with van der Waals surface area (Å²) in [6.07, 6.45) is 8.64. The van der Waals surface area contributed by atoms with E-state index in [0.717, 1.165) is 45.2 Å². The Morgan fingerprint density at radius 2 is 1.69 bits per heavy atom. The summed E-state index contributed by atoms with van der Waals surface area (Å²) >= 11 is 0. The molecule has 1 aliphatic carbocycles. The van der Waals surface area contributed by atoms with E-state index in [0.29, 0.717) is 37.8 Å². The minimum absolute atomic E-state index is 0.0532. The molecule has 2 aliphatic heterocycles. The van der Waals surface area contributed by atoms with Gasteiger partial charge >= 0.3 is 0 Å². The molecule has 2 heterocycles. The third kappa shape index (κ3) is 6.00. The summed E-state index contributed by atoms with van der Waals surface area (Å²) in [5.74, 6) is 0.874. The Bertz CT molecular complexity index is 775. The van der Waals surface area contributed by atoms with Crippen molar-refractivity contribution in [3.8, 4) is 5.75 Å². The van der Waals surface area contributed by atoms with Gasteiger partial charge in [0, 0.05) is 26.1 Å². The fraction of sp³-hybridized carbons (Fsp3) is 0.680. The molecule has 32 heavy (non-hydrogen) atoms. The van der Waals surface area contributed by atoms with Gasteiger partial charge in [-0.1, -0.05) is 12.8 Å². The van der Waals surface area contributed by atoms with Crippen molar-refractivity contribution in [2.24, 2.45) is 5.92 Å². The highest BCUT2D eigenvalue weighted by Crippen LogP contribution is 2.30. The fourth-order valence-corrected chi connectivity index (χ4v) is 5.17. The summed E-state index contributed by atoms with van der Waals surface area (Å²) < 4.78 is 25.4. The van der Waals surface area contributed by atoms with Crippen LogP contribution in [0.1, 0.15) is 57.8 Å². The molecule has 1 aromatic carbocycles. The molecule has 1 atom stereocenters. The van der Waals surface area contributed by atoms with Crippen LogP contribution in [-0.4, -0.2) is 66.6 Å². The largest absolute Gasteiger partial charge is 0.490 e. The van der Waals surface area contributed by atoms with Crippen molar-refractivity contribution in [1.82, 2.24) is 9.80 Å². The number of hydrogen-bond donors (Lipinski definition) is 0. The molecule has 0 radical (unpaired) electrons. The third-order valence-electron chi connectivity index (χ3n) is 7.04. The number of piperidine rings is 1. The summed E-state index contributed by atoms with van der Waals surface area (Å²) in [6.45, 7) is 2.97. The molecule has 176 valence electrons. The Kier molecular flexibility index (Phi) is 7.66. The first-order valence-corrected chi connectivity index (χ1v) is 12.1. The molecule has 2 amide bonds. The minimum atomic E-state index is -0.896. The molecule has 3 fully saturated rings. The highest BCUT2D eigenvalue weighted by Gasteiger charge is 2.42. The molecule has 7 heteroatoms. The summed E-state index contributed by atoms with van der Waals surface area (Å²) in [6, 6.07) is 5.84. The summed E-state index contributed by atoms with van der Waals surface area (Å²) in [7, 11) is 0. The van der Waals surface area contributed by atoms with Crippen LogP contribution in [0.15, 0.2) is 24.3 Å². The van der Waals surface area contributed by atoms with Gasteiger partial charge in [0.05, 0.1) is 19.6 Å². The molecule has 1 aromatic rings. The van der Waals surface area contributed by atoms with E-state index in [1.165, 1.54) is 25.0 Å². The maximum Gasteiger partial charge on any atom is 0.225 e. The number of morpholine rings is 1. The first-order chi connectivity index (χ1) is 15.5. The van der Waals surface area contributed by atoms with Gasteiger partial charge in [-0.25, -0.2) is 4.39 Å². The Morgan fingerprint density at radius 1 is 0.969 bits per heavy atom. The molecule has 3 aliphatic rings. The quantitative estimate of drug-likeness (QED) is 0.640. The molecule has 2 saturated heterocycles. The van der Waals surface area contributed by atoms with E-state index in [4.69, 9.17) is 9.47 Å². The zero-order chi connectivity index (χ0) is 22.4. The Labute approximate surface area is 190 Å². The van der Waals surface area contributed by atoms with E-state index in [-0.39, 0.29) is 30.7 Å². The molecule has 1 unspecified atom stereocenters. The lowest BCUT2D eigenvalue weighted by atomic mass is 9.95. The van der Waals surface area contributed by atoms with Gasteiger partial charge in [0.2, 0.25) is 11.8 Å². The van der Waals surface area contributed by atoms with Crippen molar-refractivity contribution in [2.75, 3.05) is 39.4 Å². The fourth-order valence-electron chi connectivity index (χ4n) is 5.17. The van der Waals surface area contributed by atoms with E-state index in [1.807, 2.05) is 9.80 Å². The number of ether oxygens (including phenoxy) is 2. The molecule has 0 bridgehead atoms. The molecule has 4 rings (SSSR count). The molecule has 0 spiro atoms. The second kappa shape index (κ2) is 10.6. The van der Waals surface area contributed by atoms with Crippen molar-refractivity contribution in [2.45, 2.75) is 63.4 Å². The maximum atomic E-state index is 13.3. The maximum absolute atomic E-state index is 13.3. The van der Waals surface area contributed by atoms with E-state index >= 15 is 0 Å². The Hall–Kier alpha value is -2.15. The van der Waals surface area contributed by atoms with E-state index in [9.17, 15) is 14.0 Å². The van der Waals surface area contributed by atoms with Crippen LogP contribution in [0.3, 0.4) is 0 Å². The molecular weight excluding hydrogens is 411 g/mol. The first kappa shape index (κ1) is 23.0. The number of halogens is 1. The lowest BCUT2D eigenvalue weighted by molar-refractivity contribution is -0.166. The van der Waals surface area contributed by atoms with Gasteiger partial charge in [-0.2, -0.15) is 0 Å². The zero-order valence-corrected chi connectivity index (χ0v) is 18.9. The highest BCUT2D eigenvalue weighted by molar-refractivity contribution is 5.79. The van der Waals surface area contributed by atoms with E-state index in [1.54, 1.807) is 12.1 Å². The van der Waals surface area contributed by atoms with Crippen molar-refractivity contribution in [1.29, 1.82) is 0 Å². The number of likely N-dealkylation sites (tertiary alicyclic amines) is 1. The van der Waals surface area contributed by atoms with E-state index in [2.05, 4.69) is 0 Å². The summed E-state index contributed by atoms with van der Waals surface area (Å²) in [4.78, 5) is 29.9. The molecule has 0 N–H and O–H groups in total. The van der Waals surface area contributed by atoms with Crippen molar-refractivity contribution < 1.29 is 23.5 Å². The molecule has 6 nitrogen and oxygen atoms in total. The number of carbonyl (C=O) groups excluding carboxylic acids is 2. The van der Waals surface area contributed by atoms with Crippen LogP contribution in [0.25, 0.3) is 0 Å². The smallest absolute Gasteiger partial charge is 0.225 e. The predicted molar refractivity (Wildman–Crippen MR) is 119 cm³/mol. The lowest BCUT2D eigenvalue weighted by Crippen LogP contribution is -2.58. The van der Waals surface area contributed by atoms with Gasteiger partial charge in [0.1, 0.15) is 23.8 Å². The second-order valence-electron chi connectivity index (χ2n) is 9.56. The summed E-state index contributed by atoms with van der Waals surface area (Å²) in [5, 5.41) is 0. The average Bonchev–Trinajstić information content (AvgIpc) is 3.32. The Balaban J connectivity index is 1.45. The molecule has 1 saturated carbocycles. The van der Waals surface area contributed by atoms with Gasteiger partial charge in [-0.15, -0.1) is 0 Å². The number of nitrogens with zero attached hydrogens (tertiary/aromatic N) is 2. The van der Waals surface area contributed by atoms with E-state index < -0.39 is 5.60 Å². The minimum Gasteiger partial charge on any atom is -0.490 e. The Morgan fingerprint density at radius 3 is 2.41 bits per heavy atom. The number of hydrogen-bond acceptors (Lipinski definition) is 4. The van der Waals surface area contributed by atoms with Crippen molar-refractivity contribution in [3.05, 3.63) is 30.1 Å². The topological polar surface area (TPSA) is 59.1 Å². The lowest BCUT2D eigenvalue weighted by Gasteiger charge is -2.43.